The molecule has 1 amide bonds. The van der Waals surface area contributed by atoms with Crippen molar-refractivity contribution in [1.29, 1.82) is 0 Å². The zero-order valence-electron chi connectivity index (χ0n) is 11.9. The summed E-state index contributed by atoms with van der Waals surface area (Å²) in [6.45, 7) is 1.55. The van der Waals surface area contributed by atoms with Crippen molar-refractivity contribution in [1.82, 2.24) is 19.4 Å². The van der Waals surface area contributed by atoms with Gasteiger partial charge in [0.1, 0.15) is 12.0 Å². The highest BCUT2D eigenvalue weighted by Gasteiger charge is 2.26. The van der Waals surface area contributed by atoms with E-state index in [2.05, 4.69) is 25.9 Å². The summed E-state index contributed by atoms with van der Waals surface area (Å²) in [7, 11) is 1.89. The molecule has 0 bridgehead atoms. The van der Waals surface area contributed by atoms with Crippen molar-refractivity contribution in [3.8, 4) is 0 Å². The maximum absolute atomic E-state index is 12.5. The molecule has 1 aliphatic heterocycles. The van der Waals surface area contributed by atoms with Crippen LogP contribution in [0.3, 0.4) is 0 Å². The second-order valence-corrected chi connectivity index (χ2v) is 6.27. The predicted octanol–water partition coefficient (Wildman–Crippen LogP) is 2.60. The van der Waals surface area contributed by atoms with Gasteiger partial charge in [0.05, 0.1) is 0 Å². The first-order valence-corrected chi connectivity index (χ1v) is 7.81. The minimum Gasteiger partial charge on any atom is -0.345 e. The zero-order chi connectivity index (χ0) is 14.8. The van der Waals surface area contributed by atoms with Crippen molar-refractivity contribution < 1.29 is 4.79 Å². The number of rotatable bonds is 2. The molecule has 1 aliphatic rings. The van der Waals surface area contributed by atoms with Gasteiger partial charge in [-0.05, 0) is 40.9 Å². The second kappa shape index (κ2) is 5.97. The van der Waals surface area contributed by atoms with Crippen molar-refractivity contribution in [3.63, 3.8) is 0 Å². The molecule has 0 spiro atoms. The highest BCUT2D eigenvalue weighted by atomic mass is 79.9. The van der Waals surface area contributed by atoms with E-state index in [0.717, 1.165) is 41.8 Å². The van der Waals surface area contributed by atoms with E-state index in [-0.39, 0.29) is 5.91 Å². The van der Waals surface area contributed by atoms with Crippen LogP contribution in [0.1, 0.15) is 34.9 Å². The number of halogens is 1. The largest absolute Gasteiger partial charge is 0.345 e. The molecule has 21 heavy (non-hydrogen) atoms. The van der Waals surface area contributed by atoms with Crippen molar-refractivity contribution in [3.05, 3.63) is 46.7 Å². The van der Waals surface area contributed by atoms with Crippen LogP contribution in [0.15, 0.2) is 35.3 Å². The zero-order valence-corrected chi connectivity index (χ0v) is 13.5. The third-order valence-corrected chi connectivity index (χ3v) is 4.43. The molecular weight excluding hydrogens is 332 g/mol. The number of hydrogen-bond donors (Lipinski definition) is 0. The fourth-order valence-corrected chi connectivity index (χ4v) is 3.34. The van der Waals surface area contributed by atoms with Crippen LogP contribution in [0.2, 0.25) is 0 Å². The summed E-state index contributed by atoms with van der Waals surface area (Å²) >= 11 is 3.41. The van der Waals surface area contributed by atoms with Gasteiger partial charge in [0, 0.05) is 48.6 Å². The SMILES string of the molecule is Cn1cc(Br)cc1C(=O)N1CCC(c2ccncn2)CC1. The Balaban J connectivity index is 1.66. The molecule has 6 heteroatoms. The smallest absolute Gasteiger partial charge is 0.270 e. The number of aryl methyl sites for hydroxylation is 1. The number of amides is 1. The molecule has 2 aromatic heterocycles. The highest BCUT2D eigenvalue weighted by Crippen LogP contribution is 2.27. The molecule has 0 radical (unpaired) electrons. The molecule has 3 heterocycles. The van der Waals surface area contributed by atoms with Gasteiger partial charge in [-0.2, -0.15) is 0 Å². The van der Waals surface area contributed by atoms with Gasteiger partial charge < -0.3 is 9.47 Å². The molecule has 110 valence electrons. The maximum Gasteiger partial charge on any atom is 0.270 e. The molecule has 0 N–H and O–H groups in total. The molecule has 0 aliphatic carbocycles. The van der Waals surface area contributed by atoms with E-state index in [1.165, 1.54) is 0 Å². The van der Waals surface area contributed by atoms with Crippen LogP contribution >= 0.6 is 15.9 Å². The van der Waals surface area contributed by atoms with Crippen molar-refractivity contribution >= 4 is 21.8 Å². The molecule has 3 rings (SSSR count). The number of piperidine rings is 1. The fraction of sp³-hybridized carbons (Fsp3) is 0.400. The standard InChI is InChI=1S/C15H17BrN4O/c1-19-9-12(16)8-14(19)15(21)20-6-3-11(4-7-20)13-2-5-17-10-18-13/h2,5,8-11H,3-4,6-7H2,1H3. The number of hydrogen-bond acceptors (Lipinski definition) is 3. The summed E-state index contributed by atoms with van der Waals surface area (Å²) in [5, 5.41) is 0. The molecule has 0 aromatic carbocycles. The van der Waals surface area contributed by atoms with Gasteiger partial charge >= 0.3 is 0 Å². The number of aromatic nitrogens is 3. The van der Waals surface area contributed by atoms with Crippen LogP contribution in [-0.2, 0) is 7.05 Å². The molecule has 2 aromatic rings. The minimum absolute atomic E-state index is 0.101. The molecule has 0 atom stereocenters. The Labute approximate surface area is 132 Å². The van der Waals surface area contributed by atoms with Gasteiger partial charge in [0.25, 0.3) is 5.91 Å². The van der Waals surface area contributed by atoms with Gasteiger partial charge in [0.15, 0.2) is 0 Å². The van der Waals surface area contributed by atoms with Gasteiger partial charge in [-0.15, -0.1) is 0 Å². The third-order valence-electron chi connectivity index (χ3n) is 4.00. The van der Waals surface area contributed by atoms with E-state index in [1.807, 2.05) is 34.8 Å². The topological polar surface area (TPSA) is 51.0 Å². The second-order valence-electron chi connectivity index (χ2n) is 5.36. The van der Waals surface area contributed by atoms with Gasteiger partial charge in [-0.1, -0.05) is 0 Å². The van der Waals surface area contributed by atoms with Crippen molar-refractivity contribution in [2.24, 2.45) is 7.05 Å². The van der Waals surface area contributed by atoms with E-state index in [4.69, 9.17) is 0 Å². The van der Waals surface area contributed by atoms with E-state index >= 15 is 0 Å². The van der Waals surface area contributed by atoms with Crippen LogP contribution in [0.25, 0.3) is 0 Å². The van der Waals surface area contributed by atoms with Gasteiger partial charge in [-0.3, -0.25) is 4.79 Å². The van der Waals surface area contributed by atoms with Crippen LogP contribution in [0.5, 0.6) is 0 Å². The summed E-state index contributed by atoms with van der Waals surface area (Å²) in [5.74, 6) is 0.529. The minimum atomic E-state index is 0.101. The van der Waals surface area contributed by atoms with Crippen molar-refractivity contribution in [2.45, 2.75) is 18.8 Å². The first-order chi connectivity index (χ1) is 10.1. The molecule has 5 nitrogen and oxygen atoms in total. The van der Waals surface area contributed by atoms with Crippen LogP contribution < -0.4 is 0 Å². The number of nitrogens with zero attached hydrogens (tertiary/aromatic N) is 4. The maximum atomic E-state index is 12.5. The summed E-state index contributed by atoms with van der Waals surface area (Å²) in [5.41, 5.74) is 1.81. The lowest BCUT2D eigenvalue weighted by atomic mass is 9.93. The molecule has 0 unspecified atom stereocenters. The molecule has 1 fully saturated rings. The van der Waals surface area contributed by atoms with Gasteiger partial charge in [-0.25, -0.2) is 9.97 Å². The quantitative estimate of drug-likeness (QED) is 0.838. The van der Waals surface area contributed by atoms with Crippen LogP contribution in [-0.4, -0.2) is 38.4 Å². The normalized spacial score (nSPS) is 16.2. The predicted molar refractivity (Wildman–Crippen MR) is 83.0 cm³/mol. The Morgan fingerprint density at radius 1 is 1.38 bits per heavy atom. The van der Waals surface area contributed by atoms with Gasteiger partial charge in [0.2, 0.25) is 0 Å². The highest BCUT2D eigenvalue weighted by molar-refractivity contribution is 9.10. The Morgan fingerprint density at radius 2 is 2.14 bits per heavy atom. The van der Waals surface area contributed by atoms with Crippen molar-refractivity contribution in [2.75, 3.05) is 13.1 Å². The monoisotopic (exact) mass is 348 g/mol. The van der Waals surface area contributed by atoms with Crippen LogP contribution in [0, 0.1) is 0 Å². The summed E-state index contributed by atoms with van der Waals surface area (Å²) in [6, 6.07) is 3.84. The average molecular weight is 349 g/mol. The third kappa shape index (κ3) is 3.00. The first-order valence-electron chi connectivity index (χ1n) is 7.02. The van der Waals surface area contributed by atoms with Crippen LogP contribution in [0.4, 0.5) is 0 Å². The Kier molecular flexibility index (Phi) is 4.05. The number of carbonyl (C=O) groups is 1. The van der Waals surface area contributed by atoms with E-state index in [0.29, 0.717) is 5.92 Å². The molecule has 1 saturated heterocycles. The van der Waals surface area contributed by atoms with E-state index in [1.54, 1.807) is 12.5 Å². The lowest BCUT2D eigenvalue weighted by Crippen LogP contribution is -2.38. The Morgan fingerprint density at radius 3 is 2.71 bits per heavy atom. The number of carbonyl (C=O) groups excluding carboxylic acids is 1. The lowest BCUT2D eigenvalue weighted by Gasteiger charge is -2.31. The Bertz CT molecular complexity index is 632. The summed E-state index contributed by atoms with van der Waals surface area (Å²) < 4.78 is 2.80. The molecule has 0 saturated carbocycles. The van der Waals surface area contributed by atoms with E-state index in [9.17, 15) is 4.79 Å². The first kappa shape index (κ1) is 14.3. The number of likely N-dealkylation sites (tertiary alicyclic amines) is 1. The molecular formula is C15H17BrN4O. The van der Waals surface area contributed by atoms with E-state index < -0.39 is 0 Å². The Hall–Kier alpha value is -1.69. The average Bonchev–Trinajstić information content (AvgIpc) is 2.86. The summed E-state index contributed by atoms with van der Waals surface area (Å²) in [6.07, 6.45) is 7.18. The lowest BCUT2D eigenvalue weighted by molar-refractivity contribution is 0.0702. The summed E-state index contributed by atoms with van der Waals surface area (Å²) in [4.78, 5) is 22.7. The fourth-order valence-electron chi connectivity index (χ4n) is 2.82.